The van der Waals surface area contributed by atoms with Gasteiger partial charge in [0, 0.05) is 6.20 Å². The summed E-state index contributed by atoms with van der Waals surface area (Å²) in [4.78, 5) is 15.3. The van der Waals surface area contributed by atoms with E-state index in [1.54, 1.807) is 30.3 Å². The summed E-state index contributed by atoms with van der Waals surface area (Å²) >= 11 is 8.89. The van der Waals surface area contributed by atoms with Crippen LogP contribution < -0.4 is 4.72 Å². The number of carboxylic acid groups (broad SMARTS) is 1. The van der Waals surface area contributed by atoms with Gasteiger partial charge in [-0.3, -0.25) is 4.72 Å². The first kappa shape index (κ1) is 17.7. The first-order chi connectivity index (χ1) is 11.8. The highest BCUT2D eigenvalue weighted by molar-refractivity contribution is 9.10. The molecule has 0 aliphatic heterocycles. The summed E-state index contributed by atoms with van der Waals surface area (Å²) in [5, 5.41) is 10.8. The Morgan fingerprint density at radius 3 is 2.60 bits per heavy atom. The van der Waals surface area contributed by atoms with Crippen LogP contribution in [0.1, 0.15) is 10.4 Å². The van der Waals surface area contributed by atoms with Crippen LogP contribution in [-0.2, 0) is 10.0 Å². The van der Waals surface area contributed by atoms with Crippen LogP contribution in [0, 0.1) is 0 Å². The van der Waals surface area contributed by atoms with Crippen LogP contribution in [0.15, 0.2) is 58.0 Å². The van der Waals surface area contributed by atoms with Gasteiger partial charge in [0.15, 0.2) is 0 Å². The van der Waals surface area contributed by atoms with Crippen molar-refractivity contribution in [3.63, 3.8) is 0 Å². The molecule has 128 valence electrons. The lowest BCUT2D eigenvalue weighted by Gasteiger charge is -2.13. The summed E-state index contributed by atoms with van der Waals surface area (Å²) in [6, 6.07) is 11.2. The van der Waals surface area contributed by atoms with Crippen molar-refractivity contribution >= 4 is 60.0 Å². The highest BCUT2D eigenvalue weighted by atomic mass is 79.9. The number of fused-ring (bicyclic) bond motifs is 1. The van der Waals surface area contributed by atoms with Crippen LogP contribution in [0.5, 0.6) is 0 Å². The molecule has 0 unspecified atom stereocenters. The molecule has 0 radical (unpaired) electrons. The normalized spacial score (nSPS) is 11.4. The Morgan fingerprint density at radius 1 is 1.20 bits per heavy atom. The number of carbonyl (C=O) groups is 1. The summed E-state index contributed by atoms with van der Waals surface area (Å²) in [7, 11) is -4.04. The molecule has 0 aliphatic rings. The first-order valence-electron chi connectivity index (χ1n) is 6.88. The van der Waals surface area contributed by atoms with Crippen LogP contribution in [0.4, 0.5) is 5.69 Å². The van der Waals surface area contributed by atoms with E-state index in [1.165, 1.54) is 12.1 Å². The van der Waals surface area contributed by atoms with Crippen molar-refractivity contribution in [2.75, 3.05) is 4.72 Å². The fourth-order valence-electron chi connectivity index (χ4n) is 2.34. The molecule has 0 saturated carbocycles. The molecule has 0 saturated heterocycles. The van der Waals surface area contributed by atoms with Crippen molar-refractivity contribution in [2.45, 2.75) is 4.90 Å². The van der Waals surface area contributed by atoms with Gasteiger partial charge < -0.3 is 5.11 Å². The molecule has 25 heavy (non-hydrogen) atoms. The van der Waals surface area contributed by atoms with E-state index in [0.717, 1.165) is 6.20 Å². The molecule has 0 spiro atoms. The number of rotatable bonds is 4. The molecule has 3 rings (SSSR count). The predicted molar refractivity (Wildman–Crippen MR) is 98.7 cm³/mol. The molecule has 0 aliphatic carbocycles. The molecule has 0 fully saturated rings. The Bertz CT molecular complexity index is 1100. The van der Waals surface area contributed by atoms with E-state index >= 15 is 0 Å². The number of benzene rings is 2. The van der Waals surface area contributed by atoms with Crippen LogP contribution in [0.2, 0.25) is 5.15 Å². The first-order valence-corrected chi connectivity index (χ1v) is 9.54. The lowest BCUT2D eigenvalue weighted by atomic mass is 10.0. The number of aromatic carboxylic acids is 1. The van der Waals surface area contributed by atoms with Gasteiger partial charge in [0.2, 0.25) is 0 Å². The number of pyridine rings is 1. The number of nitrogens with one attached hydrogen (secondary N) is 1. The topological polar surface area (TPSA) is 96.4 Å². The van der Waals surface area contributed by atoms with Gasteiger partial charge in [-0.2, -0.15) is 0 Å². The Labute approximate surface area is 156 Å². The molecule has 2 aromatic carbocycles. The summed E-state index contributed by atoms with van der Waals surface area (Å²) < 4.78 is 27.8. The number of hydrogen-bond donors (Lipinski definition) is 2. The zero-order valence-corrected chi connectivity index (χ0v) is 15.6. The molecular formula is C16H10BrClN2O4S. The fraction of sp³-hybridized carbons (Fsp3) is 0. The summed E-state index contributed by atoms with van der Waals surface area (Å²) in [6.45, 7) is 0. The number of carboxylic acids is 1. The average Bonchev–Trinajstić information content (AvgIpc) is 2.56. The second-order valence-electron chi connectivity index (χ2n) is 5.06. The van der Waals surface area contributed by atoms with Crippen LogP contribution in [0.3, 0.4) is 0 Å². The number of aromatic nitrogens is 1. The third-order valence-corrected chi connectivity index (χ3v) is 5.94. The second kappa shape index (κ2) is 6.62. The van der Waals surface area contributed by atoms with Gasteiger partial charge in [-0.15, -0.1) is 0 Å². The van der Waals surface area contributed by atoms with Gasteiger partial charge in [-0.25, -0.2) is 18.2 Å². The van der Waals surface area contributed by atoms with Gasteiger partial charge in [0.1, 0.15) is 10.0 Å². The SMILES string of the molecule is O=C(O)c1c(NS(=O)(=O)c2cnc(Cl)c(Br)c2)ccc2ccccc12. The Balaban J connectivity index is 2.12. The molecule has 1 aromatic heterocycles. The number of nitrogens with zero attached hydrogens (tertiary/aromatic N) is 1. The molecule has 0 amide bonds. The number of anilines is 1. The second-order valence-corrected chi connectivity index (χ2v) is 7.96. The predicted octanol–water partition coefficient (Wildman–Crippen LogP) is 4.15. The number of halogens is 2. The zero-order chi connectivity index (χ0) is 18.2. The third kappa shape index (κ3) is 3.46. The average molecular weight is 442 g/mol. The van der Waals surface area contributed by atoms with E-state index in [0.29, 0.717) is 15.2 Å². The van der Waals surface area contributed by atoms with Crippen molar-refractivity contribution < 1.29 is 18.3 Å². The summed E-state index contributed by atoms with van der Waals surface area (Å²) in [5.41, 5.74) is -0.153. The lowest BCUT2D eigenvalue weighted by molar-refractivity contribution is 0.0700. The maximum Gasteiger partial charge on any atom is 0.338 e. The van der Waals surface area contributed by atoms with Crippen molar-refractivity contribution in [1.29, 1.82) is 0 Å². The maximum absolute atomic E-state index is 12.6. The molecular weight excluding hydrogens is 432 g/mol. The number of sulfonamides is 1. The van der Waals surface area contributed by atoms with E-state index in [2.05, 4.69) is 25.6 Å². The van der Waals surface area contributed by atoms with E-state index < -0.39 is 16.0 Å². The van der Waals surface area contributed by atoms with Crippen molar-refractivity contribution in [3.05, 3.63) is 63.9 Å². The van der Waals surface area contributed by atoms with Gasteiger partial charge in [-0.1, -0.05) is 41.9 Å². The molecule has 1 heterocycles. The van der Waals surface area contributed by atoms with E-state index in [-0.39, 0.29) is 21.3 Å². The molecule has 0 atom stereocenters. The quantitative estimate of drug-likeness (QED) is 0.593. The zero-order valence-electron chi connectivity index (χ0n) is 12.4. The lowest BCUT2D eigenvalue weighted by Crippen LogP contribution is -2.16. The molecule has 0 bridgehead atoms. The van der Waals surface area contributed by atoms with E-state index in [4.69, 9.17) is 11.6 Å². The minimum atomic E-state index is -4.04. The minimum absolute atomic E-state index is 0.0303. The summed E-state index contributed by atoms with van der Waals surface area (Å²) in [6.07, 6.45) is 1.09. The highest BCUT2D eigenvalue weighted by Crippen LogP contribution is 2.29. The van der Waals surface area contributed by atoms with Gasteiger partial charge >= 0.3 is 5.97 Å². The third-order valence-electron chi connectivity index (χ3n) is 3.47. The van der Waals surface area contributed by atoms with E-state index in [9.17, 15) is 18.3 Å². The largest absolute Gasteiger partial charge is 0.478 e. The van der Waals surface area contributed by atoms with Gasteiger partial charge in [0.25, 0.3) is 10.0 Å². The van der Waals surface area contributed by atoms with Crippen LogP contribution in [0.25, 0.3) is 10.8 Å². The van der Waals surface area contributed by atoms with Crippen LogP contribution in [-0.4, -0.2) is 24.5 Å². The maximum atomic E-state index is 12.6. The molecule has 9 heteroatoms. The van der Waals surface area contributed by atoms with Crippen molar-refractivity contribution in [1.82, 2.24) is 4.98 Å². The fourth-order valence-corrected chi connectivity index (χ4v) is 3.99. The van der Waals surface area contributed by atoms with Crippen molar-refractivity contribution in [2.24, 2.45) is 0 Å². The van der Waals surface area contributed by atoms with Gasteiger partial charge in [-0.05, 0) is 38.8 Å². The smallest absolute Gasteiger partial charge is 0.338 e. The van der Waals surface area contributed by atoms with Gasteiger partial charge in [0.05, 0.1) is 15.7 Å². The van der Waals surface area contributed by atoms with Crippen molar-refractivity contribution in [3.8, 4) is 0 Å². The molecule has 2 N–H and O–H groups in total. The number of hydrogen-bond acceptors (Lipinski definition) is 4. The standard InChI is InChI=1S/C16H10BrClN2O4S/c17-12-7-10(8-19-15(12)18)25(23,24)20-13-6-5-9-3-1-2-4-11(9)14(13)16(21)22/h1-8,20H,(H,21,22). The Morgan fingerprint density at radius 2 is 1.92 bits per heavy atom. The van der Waals surface area contributed by atoms with Crippen LogP contribution >= 0.6 is 27.5 Å². The molecule has 6 nitrogen and oxygen atoms in total. The van der Waals surface area contributed by atoms with E-state index in [1.807, 2.05) is 0 Å². The Hall–Kier alpha value is -2.16. The Kier molecular flexibility index (Phi) is 4.68. The monoisotopic (exact) mass is 440 g/mol. The highest BCUT2D eigenvalue weighted by Gasteiger charge is 2.21. The summed E-state index contributed by atoms with van der Waals surface area (Å²) in [5.74, 6) is -1.23. The minimum Gasteiger partial charge on any atom is -0.478 e. The molecule has 3 aromatic rings.